The molecule has 0 saturated carbocycles. The first-order valence-corrected chi connectivity index (χ1v) is 7.72. The van der Waals surface area contributed by atoms with Crippen LogP contribution < -0.4 is 13.8 Å². The molecule has 0 radical (unpaired) electrons. The maximum Gasteiger partial charge on any atom is 0.326 e. The Morgan fingerprint density at radius 3 is 2.74 bits per heavy atom. The van der Waals surface area contributed by atoms with Crippen LogP contribution in [0, 0.1) is 5.82 Å². The summed E-state index contributed by atoms with van der Waals surface area (Å²) in [5.74, 6) is -2.24. The van der Waals surface area contributed by atoms with Gasteiger partial charge in [0.05, 0.1) is 12.8 Å². The molecular formula is C12H11FN4O5S. The number of halogens is 1. The highest BCUT2D eigenvalue weighted by atomic mass is 32.2. The average molecular weight is 342 g/mol. The number of ether oxygens (including phenoxy) is 1. The third kappa shape index (κ3) is 2.44. The van der Waals surface area contributed by atoms with Crippen molar-refractivity contribution < 1.29 is 27.4 Å². The summed E-state index contributed by atoms with van der Waals surface area (Å²) in [4.78, 5) is 11.3. The normalized spacial score (nSPS) is 16.4. The fourth-order valence-electron chi connectivity index (χ4n) is 2.19. The lowest BCUT2D eigenvalue weighted by Gasteiger charge is -2.18. The van der Waals surface area contributed by atoms with Gasteiger partial charge in [-0.15, -0.1) is 5.10 Å². The Labute approximate surface area is 129 Å². The van der Waals surface area contributed by atoms with Gasteiger partial charge >= 0.3 is 10.2 Å². The van der Waals surface area contributed by atoms with Crippen LogP contribution >= 0.6 is 0 Å². The number of nitrogens with zero attached hydrogens (tertiary/aromatic N) is 2. The number of amides is 1. The Balaban J connectivity index is 2.15. The first-order chi connectivity index (χ1) is 10.8. The summed E-state index contributed by atoms with van der Waals surface area (Å²) in [5.41, 5.74) is -0.436. The van der Waals surface area contributed by atoms with E-state index in [0.717, 1.165) is 6.07 Å². The van der Waals surface area contributed by atoms with E-state index in [4.69, 9.17) is 4.74 Å². The minimum atomic E-state index is -4.25. The summed E-state index contributed by atoms with van der Waals surface area (Å²) < 4.78 is 45.5. The molecule has 1 fully saturated rings. The van der Waals surface area contributed by atoms with Gasteiger partial charge in [0.1, 0.15) is 18.0 Å². The van der Waals surface area contributed by atoms with Crippen LogP contribution in [0.4, 0.5) is 10.1 Å². The maximum atomic E-state index is 14.8. The third-order valence-electron chi connectivity index (χ3n) is 3.22. The van der Waals surface area contributed by atoms with Gasteiger partial charge in [-0.2, -0.15) is 8.42 Å². The Morgan fingerprint density at radius 1 is 1.43 bits per heavy atom. The number of benzene rings is 1. The molecule has 1 aliphatic rings. The second-order valence-corrected chi connectivity index (χ2v) is 6.25. The lowest BCUT2D eigenvalue weighted by molar-refractivity contribution is -0.117. The molecule has 1 aromatic heterocycles. The molecule has 2 heterocycles. The number of hydrogen-bond acceptors (Lipinski definition) is 6. The predicted octanol–water partition coefficient (Wildman–Crippen LogP) is 0.111. The topological polar surface area (TPSA) is 125 Å². The standard InChI is InChI=1S/C12H11FN4O5S/c1-22-10-4-7(14-15-10)6-2-3-8(18)12(11(6)13)17-5-9(19)16-23(17,20)21/h2-4,18H,5H2,1H3,(H,14,15)(H,16,19). The van der Waals surface area contributed by atoms with E-state index in [9.17, 15) is 22.7 Å². The Morgan fingerprint density at radius 2 is 2.17 bits per heavy atom. The van der Waals surface area contributed by atoms with E-state index in [1.165, 1.54) is 19.2 Å². The van der Waals surface area contributed by atoms with Gasteiger partial charge < -0.3 is 9.84 Å². The molecule has 0 bridgehead atoms. The first kappa shape index (κ1) is 15.1. The van der Waals surface area contributed by atoms with E-state index in [1.54, 1.807) is 4.72 Å². The van der Waals surface area contributed by atoms with Crippen LogP contribution in [0.25, 0.3) is 11.3 Å². The molecule has 3 rings (SSSR count). The van der Waals surface area contributed by atoms with Gasteiger partial charge in [-0.05, 0) is 12.1 Å². The fraction of sp³-hybridized carbons (Fsp3) is 0.167. The number of aromatic amines is 1. The molecule has 23 heavy (non-hydrogen) atoms. The van der Waals surface area contributed by atoms with Crippen molar-refractivity contribution >= 4 is 21.8 Å². The Bertz CT molecular complexity index is 895. The van der Waals surface area contributed by atoms with Crippen LogP contribution in [0.3, 0.4) is 0 Å². The Hall–Kier alpha value is -2.82. The number of aromatic hydroxyl groups is 1. The highest BCUT2D eigenvalue weighted by molar-refractivity contribution is 7.92. The van der Waals surface area contributed by atoms with Crippen LogP contribution in [0.2, 0.25) is 0 Å². The summed E-state index contributed by atoms with van der Waals surface area (Å²) >= 11 is 0. The summed E-state index contributed by atoms with van der Waals surface area (Å²) in [7, 11) is -2.87. The van der Waals surface area contributed by atoms with Gasteiger partial charge in [-0.3, -0.25) is 9.89 Å². The van der Waals surface area contributed by atoms with Crippen LogP contribution in [0.15, 0.2) is 18.2 Å². The summed E-state index contributed by atoms with van der Waals surface area (Å²) in [6, 6.07) is 3.78. The minimum absolute atomic E-state index is 0.0388. The number of anilines is 1. The van der Waals surface area contributed by atoms with Crippen LogP contribution in [0.5, 0.6) is 11.6 Å². The summed E-state index contributed by atoms with van der Waals surface area (Å²) in [6.07, 6.45) is 0. The van der Waals surface area contributed by atoms with E-state index in [0.29, 0.717) is 4.31 Å². The molecule has 2 aromatic rings. The minimum Gasteiger partial charge on any atom is -0.506 e. The number of hydrogen-bond donors (Lipinski definition) is 3. The molecule has 122 valence electrons. The summed E-state index contributed by atoms with van der Waals surface area (Å²) in [6.45, 7) is -0.622. The van der Waals surface area contributed by atoms with E-state index < -0.39 is 39.9 Å². The largest absolute Gasteiger partial charge is 0.506 e. The molecule has 0 aliphatic carbocycles. The number of phenols is 1. The van der Waals surface area contributed by atoms with Crippen molar-refractivity contribution in [2.75, 3.05) is 18.0 Å². The summed E-state index contributed by atoms with van der Waals surface area (Å²) in [5, 5.41) is 16.2. The van der Waals surface area contributed by atoms with Crippen LogP contribution in [-0.4, -0.2) is 43.3 Å². The number of methoxy groups -OCH3 is 1. The van der Waals surface area contributed by atoms with Crippen molar-refractivity contribution in [2.45, 2.75) is 0 Å². The van der Waals surface area contributed by atoms with Crippen molar-refractivity contribution in [3.05, 3.63) is 24.0 Å². The fourth-order valence-corrected chi connectivity index (χ4v) is 3.36. The van der Waals surface area contributed by atoms with Gasteiger partial charge in [-0.25, -0.2) is 13.4 Å². The second kappa shape index (κ2) is 5.12. The van der Waals surface area contributed by atoms with Gasteiger partial charge in [0.25, 0.3) is 5.91 Å². The monoisotopic (exact) mass is 342 g/mol. The lowest BCUT2D eigenvalue weighted by atomic mass is 10.1. The van der Waals surface area contributed by atoms with Crippen molar-refractivity contribution in [3.8, 4) is 22.9 Å². The number of carbonyl (C=O) groups is 1. The highest BCUT2D eigenvalue weighted by Gasteiger charge is 2.38. The van der Waals surface area contributed by atoms with Crippen molar-refractivity contribution in [1.82, 2.24) is 14.9 Å². The van der Waals surface area contributed by atoms with Gasteiger partial charge in [0.15, 0.2) is 5.82 Å². The smallest absolute Gasteiger partial charge is 0.326 e. The molecule has 1 aromatic carbocycles. The molecule has 0 unspecified atom stereocenters. The predicted molar refractivity (Wildman–Crippen MR) is 76.6 cm³/mol. The number of H-pyrrole nitrogens is 1. The zero-order valence-electron chi connectivity index (χ0n) is 11.7. The Kier molecular flexibility index (Phi) is 3.36. The van der Waals surface area contributed by atoms with Gasteiger partial charge in [0, 0.05) is 11.6 Å². The second-order valence-electron chi connectivity index (χ2n) is 4.66. The van der Waals surface area contributed by atoms with Crippen molar-refractivity contribution in [1.29, 1.82) is 0 Å². The third-order valence-corrected chi connectivity index (χ3v) is 4.60. The molecular weight excluding hydrogens is 331 g/mol. The first-order valence-electron chi connectivity index (χ1n) is 6.28. The van der Waals surface area contributed by atoms with Crippen LogP contribution in [0.1, 0.15) is 0 Å². The SMILES string of the molecule is COc1cc(-c2ccc(O)c(N3CC(=O)NS3(=O)=O)c2F)[nH]n1. The quantitative estimate of drug-likeness (QED) is 0.727. The number of carbonyl (C=O) groups excluding carboxylic acids is 1. The molecule has 1 saturated heterocycles. The number of nitrogens with one attached hydrogen (secondary N) is 2. The van der Waals surface area contributed by atoms with Crippen molar-refractivity contribution in [3.63, 3.8) is 0 Å². The van der Waals surface area contributed by atoms with E-state index in [1.807, 2.05) is 0 Å². The van der Waals surface area contributed by atoms with Gasteiger partial charge in [-0.1, -0.05) is 0 Å². The molecule has 3 N–H and O–H groups in total. The number of aromatic nitrogens is 2. The zero-order chi connectivity index (χ0) is 16.8. The lowest BCUT2D eigenvalue weighted by Crippen LogP contribution is -2.30. The molecule has 1 aliphatic heterocycles. The molecule has 9 nitrogen and oxygen atoms in total. The van der Waals surface area contributed by atoms with Gasteiger partial charge in [0.2, 0.25) is 5.88 Å². The highest BCUT2D eigenvalue weighted by Crippen LogP contribution is 2.38. The van der Waals surface area contributed by atoms with E-state index in [-0.39, 0.29) is 17.1 Å². The van der Waals surface area contributed by atoms with E-state index in [2.05, 4.69) is 10.2 Å². The number of phenolic OH excluding ortho intramolecular Hbond substituents is 1. The molecule has 0 spiro atoms. The van der Waals surface area contributed by atoms with Crippen LogP contribution in [-0.2, 0) is 15.0 Å². The average Bonchev–Trinajstić information content (AvgIpc) is 3.03. The van der Waals surface area contributed by atoms with E-state index >= 15 is 0 Å². The maximum absolute atomic E-state index is 14.8. The zero-order valence-corrected chi connectivity index (χ0v) is 12.5. The molecule has 1 amide bonds. The molecule has 11 heteroatoms. The molecule has 0 atom stereocenters. The van der Waals surface area contributed by atoms with Crippen molar-refractivity contribution in [2.24, 2.45) is 0 Å². The number of rotatable bonds is 3.